The third kappa shape index (κ3) is 6.36. The molecule has 6 nitrogen and oxygen atoms in total. The number of ether oxygens (including phenoxy) is 1. The number of benzene rings is 1. The summed E-state index contributed by atoms with van der Waals surface area (Å²) < 4.78 is 6.03. The summed E-state index contributed by atoms with van der Waals surface area (Å²) in [5, 5.41) is 3.42. The third-order valence-corrected chi connectivity index (χ3v) is 5.46. The SMILES string of the molecule is CC(C)(C)OC(=O)N1CCN(Cc2cccc(NCc3cnc(Cl)s3)c2)CC1. The van der Waals surface area contributed by atoms with Gasteiger partial charge in [0.25, 0.3) is 0 Å². The molecule has 1 saturated heterocycles. The molecular weight excluding hydrogens is 396 g/mol. The summed E-state index contributed by atoms with van der Waals surface area (Å²) in [4.78, 5) is 21.5. The van der Waals surface area contributed by atoms with Gasteiger partial charge in [-0.2, -0.15) is 0 Å². The average molecular weight is 423 g/mol. The average Bonchev–Trinajstić information content (AvgIpc) is 3.05. The standard InChI is InChI=1S/C20H27ClN4O2S/c1-20(2,3)27-19(26)25-9-7-24(8-10-25)14-15-5-4-6-16(11-15)22-12-17-13-23-18(21)28-17/h4-6,11,13,22H,7-10,12,14H2,1-3H3. The summed E-state index contributed by atoms with van der Waals surface area (Å²) in [7, 11) is 0. The molecule has 0 bridgehead atoms. The van der Waals surface area contributed by atoms with Gasteiger partial charge in [0.05, 0.1) is 6.54 Å². The number of carbonyl (C=O) groups is 1. The summed E-state index contributed by atoms with van der Waals surface area (Å²) >= 11 is 7.37. The maximum atomic E-state index is 12.2. The highest BCUT2D eigenvalue weighted by Gasteiger charge is 2.25. The quantitative estimate of drug-likeness (QED) is 0.770. The number of nitrogens with one attached hydrogen (secondary N) is 1. The van der Waals surface area contributed by atoms with Crippen LogP contribution in [0.4, 0.5) is 10.5 Å². The van der Waals surface area contributed by atoms with Crippen molar-refractivity contribution in [3.8, 4) is 0 Å². The maximum Gasteiger partial charge on any atom is 0.410 e. The van der Waals surface area contributed by atoms with Crippen LogP contribution in [0.25, 0.3) is 0 Å². The lowest BCUT2D eigenvalue weighted by atomic mass is 10.1. The fourth-order valence-corrected chi connectivity index (χ4v) is 3.93. The van der Waals surface area contributed by atoms with Crippen molar-refractivity contribution in [2.24, 2.45) is 0 Å². The highest BCUT2D eigenvalue weighted by atomic mass is 35.5. The zero-order chi connectivity index (χ0) is 20.1. The van der Waals surface area contributed by atoms with Crippen LogP contribution in [0.5, 0.6) is 0 Å². The van der Waals surface area contributed by atoms with Gasteiger partial charge in [0.15, 0.2) is 4.47 Å². The number of anilines is 1. The molecule has 2 heterocycles. The topological polar surface area (TPSA) is 57.7 Å². The Kier molecular flexibility index (Phi) is 6.80. The molecule has 1 aromatic heterocycles. The van der Waals surface area contributed by atoms with Crippen LogP contribution in [-0.2, 0) is 17.8 Å². The van der Waals surface area contributed by atoms with Crippen molar-refractivity contribution in [3.63, 3.8) is 0 Å². The number of halogens is 1. The molecule has 1 aliphatic rings. The van der Waals surface area contributed by atoms with Gasteiger partial charge < -0.3 is 15.0 Å². The lowest BCUT2D eigenvalue weighted by Gasteiger charge is -2.35. The minimum absolute atomic E-state index is 0.221. The minimum Gasteiger partial charge on any atom is -0.444 e. The number of piperazine rings is 1. The van der Waals surface area contributed by atoms with E-state index in [0.717, 1.165) is 30.2 Å². The fraction of sp³-hybridized carbons (Fsp3) is 0.500. The van der Waals surface area contributed by atoms with E-state index >= 15 is 0 Å². The first-order valence-electron chi connectivity index (χ1n) is 9.42. The molecule has 8 heteroatoms. The Morgan fingerprint density at radius 2 is 2.04 bits per heavy atom. The van der Waals surface area contributed by atoms with Crippen molar-refractivity contribution in [3.05, 3.63) is 45.4 Å². The molecule has 0 aliphatic carbocycles. The molecule has 1 N–H and O–H groups in total. The first-order valence-corrected chi connectivity index (χ1v) is 10.6. The Bertz CT molecular complexity index is 797. The highest BCUT2D eigenvalue weighted by Crippen LogP contribution is 2.20. The van der Waals surface area contributed by atoms with Gasteiger partial charge in [-0.1, -0.05) is 23.7 Å². The number of hydrogen-bond donors (Lipinski definition) is 1. The second-order valence-corrected chi connectivity index (χ2v) is 9.57. The van der Waals surface area contributed by atoms with Crippen LogP contribution in [-0.4, -0.2) is 52.7 Å². The Morgan fingerprint density at radius 3 is 2.68 bits per heavy atom. The molecule has 0 saturated carbocycles. The van der Waals surface area contributed by atoms with Gasteiger partial charge >= 0.3 is 6.09 Å². The highest BCUT2D eigenvalue weighted by molar-refractivity contribution is 7.15. The third-order valence-electron chi connectivity index (χ3n) is 4.35. The van der Waals surface area contributed by atoms with Crippen molar-refractivity contribution in [1.29, 1.82) is 0 Å². The van der Waals surface area contributed by atoms with E-state index in [1.807, 2.05) is 20.8 Å². The van der Waals surface area contributed by atoms with Crippen LogP contribution < -0.4 is 5.32 Å². The van der Waals surface area contributed by atoms with E-state index in [1.54, 1.807) is 11.1 Å². The van der Waals surface area contributed by atoms with Crippen molar-refractivity contribution in [2.45, 2.75) is 39.5 Å². The summed E-state index contributed by atoms with van der Waals surface area (Å²) in [5.41, 5.74) is 1.87. The van der Waals surface area contributed by atoms with Crippen LogP contribution in [0.1, 0.15) is 31.2 Å². The molecule has 1 fully saturated rings. The predicted molar refractivity (Wildman–Crippen MR) is 114 cm³/mol. The molecule has 1 aliphatic heterocycles. The molecule has 28 heavy (non-hydrogen) atoms. The van der Waals surface area contributed by atoms with E-state index in [-0.39, 0.29) is 6.09 Å². The van der Waals surface area contributed by atoms with Crippen molar-refractivity contribution in [1.82, 2.24) is 14.8 Å². The number of nitrogens with zero attached hydrogens (tertiary/aromatic N) is 3. The number of aromatic nitrogens is 1. The van der Waals surface area contributed by atoms with Crippen LogP contribution in [0, 0.1) is 0 Å². The van der Waals surface area contributed by atoms with Gasteiger partial charge in [0.2, 0.25) is 0 Å². The number of hydrogen-bond acceptors (Lipinski definition) is 6. The molecule has 1 amide bonds. The van der Waals surface area contributed by atoms with Gasteiger partial charge in [0, 0.05) is 49.5 Å². The molecule has 0 radical (unpaired) electrons. The van der Waals surface area contributed by atoms with E-state index in [1.165, 1.54) is 16.9 Å². The number of carbonyl (C=O) groups excluding carboxylic acids is 1. The van der Waals surface area contributed by atoms with Crippen molar-refractivity contribution < 1.29 is 9.53 Å². The minimum atomic E-state index is -0.452. The number of amides is 1. The van der Waals surface area contributed by atoms with Crippen LogP contribution >= 0.6 is 22.9 Å². The van der Waals surface area contributed by atoms with Gasteiger partial charge in [0.1, 0.15) is 5.60 Å². The fourth-order valence-electron chi connectivity index (χ4n) is 3.01. The Balaban J connectivity index is 1.48. The Morgan fingerprint density at radius 1 is 1.29 bits per heavy atom. The normalized spacial score (nSPS) is 15.5. The van der Waals surface area contributed by atoms with E-state index in [0.29, 0.717) is 24.1 Å². The van der Waals surface area contributed by atoms with Crippen LogP contribution in [0.2, 0.25) is 4.47 Å². The molecule has 1 aromatic carbocycles. The summed E-state index contributed by atoms with van der Waals surface area (Å²) in [6.45, 7) is 10.3. The molecule has 0 unspecified atom stereocenters. The second kappa shape index (κ2) is 9.11. The number of rotatable bonds is 5. The van der Waals surface area contributed by atoms with Crippen molar-refractivity contribution in [2.75, 3.05) is 31.5 Å². The number of thiazole rings is 1. The molecule has 2 aromatic rings. The Labute approximate surface area is 175 Å². The van der Waals surface area contributed by atoms with Crippen LogP contribution in [0.3, 0.4) is 0 Å². The van der Waals surface area contributed by atoms with Crippen molar-refractivity contribution >= 4 is 34.7 Å². The smallest absolute Gasteiger partial charge is 0.410 e. The summed E-state index contributed by atoms with van der Waals surface area (Å²) in [6.07, 6.45) is 1.58. The lowest BCUT2D eigenvalue weighted by molar-refractivity contribution is 0.0139. The molecule has 3 rings (SSSR count). The van der Waals surface area contributed by atoms with E-state index in [9.17, 15) is 4.79 Å². The first-order chi connectivity index (χ1) is 13.3. The van der Waals surface area contributed by atoms with Gasteiger partial charge in [-0.25, -0.2) is 9.78 Å². The lowest BCUT2D eigenvalue weighted by Crippen LogP contribution is -2.49. The summed E-state index contributed by atoms with van der Waals surface area (Å²) in [5.74, 6) is 0. The van der Waals surface area contributed by atoms with E-state index in [4.69, 9.17) is 16.3 Å². The largest absolute Gasteiger partial charge is 0.444 e. The molecule has 152 valence electrons. The van der Waals surface area contributed by atoms with Gasteiger partial charge in [-0.05, 0) is 38.5 Å². The maximum absolute atomic E-state index is 12.2. The summed E-state index contributed by atoms with van der Waals surface area (Å²) in [6, 6.07) is 8.43. The molecule has 0 spiro atoms. The van der Waals surface area contributed by atoms with Crippen LogP contribution in [0.15, 0.2) is 30.5 Å². The zero-order valence-corrected chi connectivity index (χ0v) is 18.1. The van der Waals surface area contributed by atoms with E-state index in [2.05, 4.69) is 39.5 Å². The van der Waals surface area contributed by atoms with Gasteiger partial charge in [-0.3, -0.25) is 4.90 Å². The zero-order valence-electron chi connectivity index (χ0n) is 16.6. The first kappa shape index (κ1) is 20.9. The van der Waals surface area contributed by atoms with E-state index < -0.39 is 5.60 Å². The molecule has 0 atom stereocenters. The van der Waals surface area contributed by atoms with Gasteiger partial charge in [-0.15, -0.1) is 11.3 Å². The molecular formula is C20H27ClN4O2S. The monoisotopic (exact) mass is 422 g/mol. The Hall–Kier alpha value is -1.83. The second-order valence-electron chi connectivity index (χ2n) is 7.88. The predicted octanol–water partition coefficient (Wildman–Crippen LogP) is 4.46.